The van der Waals surface area contributed by atoms with Crippen molar-refractivity contribution in [1.29, 1.82) is 0 Å². The van der Waals surface area contributed by atoms with Crippen LogP contribution in [-0.4, -0.2) is 15.9 Å². The van der Waals surface area contributed by atoms with E-state index in [0.29, 0.717) is 10.7 Å². The molecule has 0 unspecified atom stereocenters. The van der Waals surface area contributed by atoms with Gasteiger partial charge in [0.1, 0.15) is 4.99 Å². The fraction of sp³-hybridized carbons (Fsp3) is 0.125. The molecule has 0 saturated heterocycles. The highest BCUT2D eigenvalue weighted by Crippen LogP contribution is 1.93. The SMILES string of the molecule is CC(=O)NC(=S)c1ccccn1. The number of aromatic nitrogens is 1. The van der Waals surface area contributed by atoms with Crippen molar-refractivity contribution in [2.45, 2.75) is 6.92 Å². The van der Waals surface area contributed by atoms with Crippen LogP contribution in [0, 0.1) is 0 Å². The van der Waals surface area contributed by atoms with Crippen molar-refractivity contribution in [2.75, 3.05) is 0 Å². The van der Waals surface area contributed by atoms with Crippen molar-refractivity contribution >= 4 is 23.1 Å². The largest absolute Gasteiger partial charge is 0.316 e. The molecule has 0 spiro atoms. The van der Waals surface area contributed by atoms with Crippen LogP contribution >= 0.6 is 12.2 Å². The average molecular weight is 180 g/mol. The second-order valence-electron chi connectivity index (χ2n) is 2.23. The Morgan fingerprint density at radius 2 is 2.33 bits per heavy atom. The van der Waals surface area contributed by atoms with Gasteiger partial charge in [-0.05, 0) is 12.1 Å². The number of carbonyl (C=O) groups excluding carboxylic acids is 1. The van der Waals surface area contributed by atoms with Crippen LogP contribution in [0.25, 0.3) is 0 Å². The highest BCUT2D eigenvalue weighted by Gasteiger charge is 2.01. The predicted octanol–water partition coefficient (Wildman–Crippen LogP) is 0.893. The van der Waals surface area contributed by atoms with Crippen LogP contribution in [0.5, 0.6) is 0 Å². The Labute approximate surface area is 75.8 Å². The lowest BCUT2D eigenvalue weighted by molar-refractivity contribution is -0.117. The van der Waals surface area contributed by atoms with Gasteiger partial charge in [-0.2, -0.15) is 0 Å². The van der Waals surface area contributed by atoms with Crippen molar-refractivity contribution in [1.82, 2.24) is 10.3 Å². The molecule has 1 N–H and O–H groups in total. The van der Waals surface area contributed by atoms with Crippen LogP contribution < -0.4 is 5.32 Å². The summed E-state index contributed by atoms with van der Waals surface area (Å²) in [7, 11) is 0. The number of carbonyl (C=O) groups is 1. The molecule has 1 aromatic heterocycles. The van der Waals surface area contributed by atoms with E-state index in [0.717, 1.165) is 0 Å². The van der Waals surface area contributed by atoms with Gasteiger partial charge in [0.2, 0.25) is 5.91 Å². The van der Waals surface area contributed by atoms with Gasteiger partial charge in [-0.3, -0.25) is 9.78 Å². The van der Waals surface area contributed by atoms with E-state index in [1.807, 2.05) is 6.07 Å². The molecule has 3 nitrogen and oxygen atoms in total. The van der Waals surface area contributed by atoms with Crippen molar-refractivity contribution < 1.29 is 4.79 Å². The maximum atomic E-state index is 10.6. The lowest BCUT2D eigenvalue weighted by Gasteiger charge is -2.01. The molecule has 0 bridgehead atoms. The normalized spacial score (nSPS) is 9.08. The number of nitrogens with one attached hydrogen (secondary N) is 1. The van der Waals surface area contributed by atoms with Crippen LogP contribution in [-0.2, 0) is 4.79 Å². The Kier molecular flexibility index (Phi) is 2.88. The van der Waals surface area contributed by atoms with Crippen molar-refractivity contribution in [3.8, 4) is 0 Å². The molecule has 1 aromatic rings. The lowest BCUT2D eigenvalue weighted by Crippen LogP contribution is -2.27. The lowest BCUT2D eigenvalue weighted by atomic mass is 10.3. The Morgan fingerprint density at radius 1 is 1.58 bits per heavy atom. The molecule has 0 aliphatic carbocycles. The zero-order valence-electron chi connectivity index (χ0n) is 6.57. The third kappa shape index (κ3) is 2.39. The number of rotatable bonds is 1. The number of thiocarbonyl (C=S) groups is 1. The molecule has 0 radical (unpaired) electrons. The zero-order valence-corrected chi connectivity index (χ0v) is 7.39. The third-order valence-corrected chi connectivity index (χ3v) is 1.50. The fourth-order valence-corrected chi connectivity index (χ4v) is 0.985. The minimum absolute atomic E-state index is 0.175. The summed E-state index contributed by atoms with van der Waals surface area (Å²) in [6.45, 7) is 1.41. The standard InChI is InChI=1S/C8H8N2OS/c1-6(11)10-8(12)7-4-2-3-5-9-7/h2-5H,1H3,(H,10,11,12). The van der Waals surface area contributed by atoms with Gasteiger partial charge in [-0.1, -0.05) is 18.3 Å². The number of hydrogen-bond donors (Lipinski definition) is 1. The van der Waals surface area contributed by atoms with E-state index in [1.165, 1.54) is 6.92 Å². The topological polar surface area (TPSA) is 42.0 Å². The minimum Gasteiger partial charge on any atom is -0.316 e. The van der Waals surface area contributed by atoms with E-state index >= 15 is 0 Å². The highest BCUT2D eigenvalue weighted by atomic mass is 32.1. The van der Waals surface area contributed by atoms with Crippen LogP contribution in [0.1, 0.15) is 12.6 Å². The number of amides is 1. The highest BCUT2D eigenvalue weighted by molar-refractivity contribution is 7.80. The van der Waals surface area contributed by atoms with E-state index in [9.17, 15) is 4.79 Å². The summed E-state index contributed by atoms with van der Waals surface area (Å²) in [4.78, 5) is 14.9. The van der Waals surface area contributed by atoms with E-state index in [-0.39, 0.29) is 5.91 Å². The van der Waals surface area contributed by atoms with E-state index < -0.39 is 0 Å². The molecule has 0 atom stereocenters. The average Bonchev–Trinajstić information content (AvgIpc) is 2.05. The smallest absolute Gasteiger partial charge is 0.221 e. The van der Waals surface area contributed by atoms with Gasteiger partial charge in [0.25, 0.3) is 0 Å². The molecule has 62 valence electrons. The quantitative estimate of drug-likeness (QED) is 0.653. The molecule has 12 heavy (non-hydrogen) atoms. The zero-order chi connectivity index (χ0) is 8.97. The molecule has 1 rings (SSSR count). The Morgan fingerprint density at radius 3 is 2.83 bits per heavy atom. The number of nitrogens with zero attached hydrogens (tertiary/aromatic N) is 1. The maximum absolute atomic E-state index is 10.6. The molecular formula is C8H8N2OS. The predicted molar refractivity (Wildman–Crippen MR) is 49.8 cm³/mol. The summed E-state index contributed by atoms with van der Waals surface area (Å²) in [6, 6.07) is 5.36. The first-order valence-corrected chi connectivity index (χ1v) is 3.84. The first-order valence-electron chi connectivity index (χ1n) is 3.43. The summed E-state index contributed by atoms with van der Waals surface area (Å²) in [6.07, 6.45) is 1.63. The monoisotopic (exact) mass is 180 g/mol. The molecule has 0 aliphatic rings. The summed E-state index contributed by atoms with van der Waals surface area (Å²) in [5, 5.41) is 2.49. The first-order chi connectivity index (χ1) is 5.70. The molecule has 0 aromatic carbocycles. The summed E-state index contributed by atoms with van der Waals surface area (Å²) in [5.41, 5.74) is 0.614. The van der Waals surface area contributed by atoms with Crippen LogP contribution in [0.4, 0.5) is 0 Å². The maximum Gasteiger partial charge on any atom is 0.221 e. The Bertz CT molecular complexity index is 297. The second-order valence-corrected chi connectivity index (χ2v) is 2.63. The van der Waals surface area contributed by atoms with Gasteiger partial charge in [-0.25, -0.2) is 0 Å². The van der Waals surface area contributed by atoms with Gasteiger partial charge in [0.05, 0.1) is 5.69 Å². The Balaban J connectivity index is 2.73. The van der Waals surface area contributed by atoms with Gasteiger partial charge < -0.3 is 5.32 Å². The van der Waals surface area contributed by atoms with Gasteiger partial charge in [0, 0.05) is 13.1 Å². The van der Waals surface area contributed by atoms with E-state index in [1.54, 1.807) is 18.3 Å². The molecule has 0 fully saturated rings. The van der Waals surface area contributed by atoms with Gasteiger partial charge >= 0.3 is 0 Å². The van der Waals surface area contributed by atoms with Gasteiger partial charge in [0.15, 0.2) is 0 Å². The van der Waals surface area contributed by atoms with Gasteiger partial charge in [-0.15, -0.1) is 0 Å². The molecule has 4 heteroatoms. The molecular weight excluding hydrogens is 172 g/mol. The molecule has 0 saturated carbocycles. The molecule has 0 aliphatic heterocycles. The van der Waals surface area contributed by atoms with Crippen LogP contribution in [0.3, 0.4) is 0 Å². The number of pyridine rings is 1. The molecule has 1 heterocycles. The van der Waals surface area contributed by atoms with E-state index in [4.69, 9.17) is 12.2 Å². The van der Waals surface area contributed by atoms with Crippen LogP contribution in [0.15, 0.2) is 24.4 Å². The van der Waals surface area contributed by atoms with Crippen molar-refractivity contribution in [2.24, 2.45) is 0 Å². The fourth-order valence-electron chi connectivity index (χ4n) is 0.721. The van der Waals surface area contributed by atoms with Crippen molar-refractivity contribution in [3.05, 3.63) is 30.1 Å². The van der Waals surface area contributed by atoms with Crippen LogP contribution in [0.2, 0.25) is 0 Å². The summed E-state index contributed by atoms with van der Waals surface area (Å²) in [5.74, 6) is -0.175. The first kappa shape index (κ1) is 8.80. The minimum atomic E-state index is -0.175. The van der Waals surface area contributed by atoms with Crippen molar-refractivity contribution in [3.63, 3.8) is 0 Å². The van der Waals surface area contributed by atoms with E-state index in [2.05, 4.69) is 10.3 Å². The summed E-state index contributed by atoms with van der Waals surface area (Å²) >= 11 is 4.90. The summed E-state index contributed by atoms with van der Waals surface area (Å²) < 4.78 is 0. The number of hydrogen-bond acceptors (Lipinski definition) is 3. The third-order valence-electron chi connectivity index (χ3n) is 1.19. The second kappa shape index (κ2) is 3.92. The molecule has 1 amide bonds. The Hall–Kier alpha value is -1.29.